The molecule has 0 aromatic carbocycles. The molecule has 0 N–H and O–H groups in total. The third-order valence-electron chi connectivity index (χ3n) is 1.74. The largest absolute Gasteiger partial charge is 0.292 e. The molecule has 0 atom stereocenters. The first-order valence-corrected chi connectivity index (χ1v) is 4.94. The number of rotatable bonds is 3. The number of hydrogen-bond acceptors (Lipinski definition) is 3. The van der Waals surface area contributed by atoms with Crippen LogP contribution in [0.25, 0.3) is 0 Å². The maximum Gasteiger partial charge on any atom is 0.191 e. The zero-order valence-corrected chi connectivity index (χ0v) is 8.49. The standard InChI is InChI=1S/C9H13NOS/c1-4-5-8(11)9-10-6(2)7(3)12-9/h4-5H2,1-3H3. The smallest absolute Gasteiger partial charge is 0.191 e. The van der Waals surface area contributed by atoms with Gasteiger partial charge in [0, 0.05) is 11.3 Å². The molecule has 1 aromatic heterocycles. The minimum absolute atomic E-state index is 0.179. The number of nitrogens with zero attached hydrogens (tertiary/aromatic N) is 1. The molecule has 3 heteroatoms. The van der Waals surface area contributed by atoms with Gasteiger partial charge >= 0.3 is 0 Å². The van der Waals surface area contributed by atoms with Gasteiger partial charge in [-0.3, -0.25) is 4.79 Å². The summed E-state index contributed by atoms with van der Waals surface area (Å²) in [6.45, 7) is 5.94. The van der Waals surface area contributed by atoms with E-state index in [2.05, 4.69) is 4.98 Å². The Balaban J connectivity index is 2.82. The summed E-state index contributed by atoms with van der Waals surface area (Å²) in [5, 5.41) is 0.673. The van der Waals surface area contributed by atoms with E-state index < -0.39 is 0 Å². The Bertz CT molecular complexity index is 271. The van der Waals surface area contributed by atoms with Crippen molar-refractivity contribution in [1.82, 2.24) is 4.98 Å². The van der Waals surface area contributed by atoms with Gasteiger partial charge in [-0.25, -0.2) is 4.98 Å². The molecule has 1 rings (SSSR count). The van der Waals surface area contributed by atoms with E-state index in [1.54, 1.807) is 0 Å². The van der Waals surface area contributed by atoms with Crippen molar-refractivity contribution in [2.45, 2.75) is 33.6 Å². The Morgan fingerprint density at radius 3 is 2.58 bits per heavy atom. The van der Waals surface area contributed by atoms with Crippen LogP contribution in [0.1, 0.15) is 40.1 Å². The fraction of sp³-hybridized carbons (Fsp3) is 0.556. The molecule has 0 aliphatic heterocycles. The number of hydrogen-bond donors (Lipinski definition) is 0. The van der Waals surface area contributed by atoms with E-state index in [0.717, 1.165) is 17.0 Å². The van der Waals surface area contributed by atoms with E-state index in [0.29, 0.717) is 11.4 Å². The number of Topliss-reactive ketones (excluding diaryl/α,β-unsaturated/α-hetero) is 1. The zero-order valence-electron chi connectivity index (χ0n) is 7.68. The summed E-state index contributed by atoms with van der Waals surface area (Å²) >= 11 is 1.50. The van der Waals surface area contributed by atoms with Gasteiger partial charge in [-0.1, -0.05) is 6.92 Å². The van der Waals surface area contributed by atoms with Crippen molar-refractivity contribution < 1.29 is 4.79 Å². The summed E-state index contributed by atoms with van der Waals surface area (Å²) in [6, 6.07) is 0. The highest BCUT2D eigenvalue weighted by molar-refractivity contribution is 7.13. The number of ketones is 1. The molecule has 12 heavy (non-hydrogen) atoms. The lowest BCUT2D eigenvalue weighted by Gasteiger charge is -1.90. The average molecular weight is 183 g/mol. The van der Waals surface area contributed by atoms with Crippen molar-refractivity contribution in [3.63, 3.8) is 0 Å². The maximum absolute atomic E-state index is 11.4. The molecule has 0 spiro atoms. The van der Waals surface area contributed by atoms with Crippen molar-refractivity contribution in [3.8, 4) is 0 Å². The molecule has 1 aromatic rings. The minimum atomic E-state index is 0.179. The lowest BCUT2D eigenvalue weighted by molar-refractivity contribution is 0.0981. The number of aromatic nitrogens is 1. The molecule has 0 amide bonds. The predicted molar refractivity (Wildman–Crippen MR) is 50.8 cm³/mol. The normalized spacial score (nSPS) is 10.2. The van der Waals surface area contributed by atoms with Crippen molar-refractivity contribution in [2.75, 3.05) is 0 Å². The van der Waals surface area contributed by atoms with Crippen LogP contribution in [0.2, 0.25) is 0 Å². The maximum atomic E-state index is 11.4. The Kier molecular flexibility index (Phi) is 2.98. The highest BCUT2D eigenvalue weighted by Crippen LogP contribution is 2.18. The molecule has 0 bridgehead atoms. The Morgan fingerprint density at radius 1 is 1.50 bits per heavy atom. The lowest BCUT2D eigenvalue weighted by Crippen LogP contribution is -1.96. The van der Waals surface area contributed by atoms with Gasteiger partial charge in [0.05, 0.1) is 5.69 Å². The second kappa shape index (κ2) is 3.81. The van der Waals surface area contributed by atoms with Gasteiger partial charge in [-0.05, 0) is 20.3 Å². The quantitative estimate of drug-likeness (QED) is 0.674. The van der Waals surface area contributed by atoms with Crippen LogP contribution >= 0.6 is 11.3 Å². The van der Waals surface area contributed by atoms with Crippen LogP contribution in [-0.4, -0.2) is 10.8 Å². The predicted octanol–water partition coefficient (Wildman–Crippen LogP) is 2.74. The minimum Gasteiger partial charge on any atom is -0.292 e. The fourth-order valence-corrected chi connectivity index (χ4v) is 1.81. The fourth-order valence-electron chi connectivity index (χ4n) is 0.926. The number of carbonyl (C=O) groups excluding carboxylic acids is 1. The van der Waals surface area contributed by atoms with Crippen LogP contribution in [0, 0.1) is 13.8 Å². The SMILES string of the molecule is CCCC(=O)c1nc(C)c(C)s1. The molecule has 66 valence electrons. The monoisotopic (exact) mass is 183 g/mol. The van der Waals surface area contributed by atoms with Gasteiger partial charge in [0.1, 0.15) is 0 Å². The first-order valence-electron chi connectivity index (χ1n) is 4.12. The highest BCUT2D eigenvalue weighted by atomic mass is 32.1. The van der Waals surface area contributed by atoms with Gasteiger partial charge in [-0.2, -0.15) is 0 Å². The van der Waals surface area contributed by atoms with Crippen LogP contribution in [0.15, 0.2) is 0 Å². The molecule has 0 aliphatic rings. The number of carbonyl (C=O) groups is 1. The first kappa shape index (κ1) is 9.39. The lowest BCUT2D eigenvalue weighted by atomic mass is 10.2. The summed E-state index contributed by atoms with van der Waals surface area (Å²) in [5.74, 6) is 0.179. The van der Waals surface area contributed by atoms with E-state index in [1.165, 1.54) is 11.3 Å². The summed E-state index contributed by atoms with van der Waals surface area (Å²) < 4.78 is 0. The molecular weight excluding hydrogens is 170 g/mol. The van der Waals surface area contributed by atoms with Gasteiger partial charge in [0.15, 0.2) is 10.8 Å². The molecule has 1 heterocycles. The van der Waals surface area contributed by atoms with Gasteiger partial charge in [0.25, 0.3) is 0 Å². The summed E-state index contributed by atoms with van der Waals surface area (Å²) in [7, 11) is 0. The highest BCUT2D eigenvalue weighted by Gasteiger charge is 2.10. The van der Waals surface area contributed by atoms with Crippen molar-refractivity contribution in [2.24, 2.45) is 0 Å². The van der Waals surface area contributed by atoms with E-state index in [9.17, 15) is 4.79 Å². The molecule has 2 nitrogen and oxygen atoms in total. The molecule has 0 unspecified atom stereocenters. The van der Waals surface area contributed by atoms with Gasteiger partial charge in [-0.15, -0.1) is 11.3 Å². The third-order valence-corrected chi connectivity index (χ3v) is 2.86. The Hall–Kier alpha value is -0.700. The number of thiazole rings is 1. The zero-order chi connectivity index (χ0) is 9.14. The van der Waals surface area contributed by atoms with Gasteiger partial charge < -0.3 is 0 Å². The second-order valence-corrected chi connectivity index (χ2v) is 4.04. The van der Waals surface area contributed by atoms with Crippen molar-refractivity contribution in [1.29, 1.82) is 0 Å². The molecule has 0 aliphatic carbocycles. The first-order chi connectivity index (χ1) is 5.65. The Morgan fingerprint density at radius 2 is 2.17 bits per heavy atom. The summed E-state index contributed by atoms with van der Waals surface area (Å²) in [6.07, 6.45) is 1.52. The van der Waals surface area contributed by atoms with E-state index in [-0.39, 0.29) is 5.78 Å². The second-order valence-electron chi connectivity index (χ2n) is 2.83. The van der Waals surface area contributed by atoms with Crippen LogP contribution in [0.3, 0.4) is 0 Å². The molecular formula is C9H13NOS. The van der Waals surface area contributed by atoms with Crippen LogP contribution in [0.4, 0.5) is 0 Å². The van der Waals surface area contributed by atoms with Crippen molar-refractivity contribution in [3.05, 3.63) is 15.6 Å². The van der Waals surface area contributed by atoms with Gasteiger partial charge in [0.2, 0.25) is 0 Å². The topological polar surface area (TPSA) is 30.0 Å². The molecule has 0 fully saturated rings. The van der Waals surface area contributed by atoms with E-state index in [4.69, 9.17) is 0 Å². The molecule has 0 saturated carbocycles. The summed E-state index contributed by atoms with van der Waals surface area (Å²) in [4.78, 5) is 16.7. The number of aryl methyl sites for hydroxylation is 2. The average Bonchev–Trinajstić information content (AvgIpc) is 2.33. The van der Waals surface area contributed by atoms with Crippen LogP contribution in [-0.2, 0) is 0 Å². The molecule has 0 radical (unpaired) electrons. The summed E-state index contributed by atoms with van der Waals surface area (Å²) in [5.41, 5.74) is 0.986. The van der Waals surface area contributed by atoms with Crippen LogP contribution in [0.5, 0.6) is 0 Å². The third kappa shape index (κ3) is 1.91. The molecule has 0 saturated heterocycles. The van der Waals surface area contributed by atoms with E-state index >= 15 is 0 Å². The van der Waals surface area contributed by atoms with Crippen LogP contribution < -0.4 is 0 Å². The van der Waals surface area contributed by atoms with Crippen molar-refractivity contribution >= 4 is 17.1 Å². The Labute approximate surface area is 76.6 Å². The van der Waals surface area contributed by atoms with E-state index in [1.807, 2.05) is 20.8 Å².